The number of hydrogen-bond donors (Lipinski definition) is 2. The number of halogens is 3. The minimum Gasteiger partial charge on any atom is -0.497 e. The average Bonchev–Trinajstić information content (AvgIpc) is 2.83. The summed E-state index contributed by atoms with van der Waals surface area (Å²) >= 11 is 0. The van der Waals surface area contributed by atoms with Gasteiger partial charge >= 0.3 is 6.18 Å². The standard InChI is InChI=1S/C25H22F3N3O4/c1-34-21-11-7-20(8-12-21)30-24(33)16-35-22-9-5-17(6-10-22)15-29-31-23(32)14-18-3-2-4-19(13-18)25(26,27)28/h2-13,15H,14,16H2,1H3,(H,30,33)(H,31,32)/b29-15-. The van der Waals surface area contributed by atoms with Crippen LogP contribution in [0, 0.1) is 0 Å². The summed E-state index contributed by atoms with van der Waals surface area (Å²) in [7, 11) is 1.55. The molecule has 0 bridgehead atoms. The molecule has 0 radical (unpaired) electrons. The molecule has 2 amide bonds. The maximum atomic E-state index is 12.8. The summed E-state index contributed by atoms with van der Waals surface area (Å²) in [6, 6.07) is 18.0. The van der Waals surface area contributed by atoms with E-state index in [-0.39, 0.29) is 24.5 Å². The van der Waals surface area contributed by atoms with Crippen LogP contribution in [0.15, 0.2) is 77.9 Å². The summed E-state index contributed by atoms with van der Waals surface area (Å²) in [4.78, 5) is 24.0. The van der Waals surface area contributed by atoms with Crippen molar-refractivity contribution in [2.24, 2.45) is 5.10 Å². The van der Waals surface area contributed by atoms with Crippen LogP contribution in [0.5, 0.6) is 11.5 Å². The molecular formula is C25H22F3N3O4. The van der Waals surface area contributed by atoms with Crippen molar-refractivity contribution in [1.29, 1.82) is 0 Å². The molecule has 3 aromatic rings. The fourth-order valence-electron chi connectivity index (χ4n) is 2.93. The number of nitrogens with zero attached hydrogens (tertiary/aromatic N) is 1. The Hall–Kier alpha value is -4.34. The number of hydrogen-bond acceptors (Lipinski definition) is 5. The number of alkyl halides is 3. The first-order chi connectivity index (χ1) is 16.7. The summed E-state index contributed by atoms with van der Waals surface area (Å²) in [6.07, 6.45) is -3.34. The number of nitrogens with one attached hydrogen (secondary N) is 2. The molecule has 0 saturated heterocycles. The Bertz CT molecular complexity index is 1180. The van der Waals surface area contributed by atoms with Gasteiger partial charge in [-0.1, -0.05) is 18.2 Å². The lowest BCUT2D eigenvalue weighted by Crippen LogP contribution is -2.20. The second-order valence-corrected chi connectivity index (χ2v) is 7.30. The monoisotopic (exact) mass is 485 g/mol. The third kappa shape index (κ3) is 8.18. The van der Waals surface area contributed by atoms with Gasteiger partial charge in [0.15, 0.2) is 6.61 Å². The molecule has 0 unspecified atom stereocenters. The predicted molar refractivity (Wildman–Crippen MR) is 124 cm³/mol. The molecular weight excluding hydrogens is 463 g/mol. The van der Waals surface area contributed by atoms with E-state index in [2.05, 4.69) is 15.8 Å². The van der Waals surface area contributed by atoms with Crippen molar-refractivity contribution < 1.29 is 32.2 Å². The van der Waals surface area contributed by atoms with Crippen molar-refractivity contribution in [3.63, 3.8) is 0 Å². The van der Waals surface area contributed by atoms with Gasteiger partial charge in [-0.05, 0) is 65.7 Å². The van der Waals surface area contributed by atoms with E-state index in [1.165, 1.54) is 18.3 Å². The highest BCUT2D eigenvalue weighted by Gasteiger charge is 2.30. The van der Waals surface area contributed by atoms with Crippen LogP contribution in [-0.4, -0.2) is 31.7 Å². The number of hydrazone groups is 1. The quantitative estimate of drug-likeness (QED) is 0.347. The Morgan fingerprint density at radius 2 is 1.63 bits per heavy atom. The first-order valence-electron chi connectivity index (χ1n) is 10.4. The zero-order valence-corrected chi connectivity index (χ0v) is 18.6. The molecule has 3 aromatic carbocycles. The van der Waals surface area contributed by atoms with E-state index in [4.69, 9.17) is 9.47 Å². The van der Waals surface area contributed by atoms with Crippen molar-refractivity contribution in [3.05, 3.63) is 89.5 Å². The van der Waals surface area contributed by atoms with Crippen LogP contribution in [-0.2, 0) is 22.2 Å². The van der Waals surface area contributed by atoms with Crippen LogP contribution < -0.4 is 20.2 Å². The largest absolute Gasteiger partial charge is 0.497 e. The van der Waals surface area contributed by atoms with Crippen molar-refractivity contribution in [3.8, 4) is 11.5 Å². The van der Waals surface area contributed by atoms with Gasteiger partial charge < -0.3 is 14.8 Å². The van der Waals surface area contributed by atoms with Crippen molar-refractivity contribution in [2.75, 3.05) is 19.0 Å². The summed E-state index contributed by atoms with van der Waals surface area (Å²) < 4.78 is 48.8. The Morgan fingerprint density at radius 1 is 0.943 bits per heavy atom. The molecule has 2 N–H and O–H groups in total. The topological polar surface area (TPSA) is 89.0 Å². The number of amides is 2. The summed E-state index contributed by atoms with van der Waals surface area (Å²) in [5.41, 5.74) is 2.94. The van der Waals surface area contributed by atoms with E-state index < -0.39 is 17.6 Å². The predicted octanol–water partition coefficient (Wildman–Crippen LogP) is 4.42. The normalized spacial score (nSPS) is 11.2. The number of ether oxygens (including phenoxy) is 2. The van der Waals surface area contributed by atoms with Gasteiger partial charge in [0.2, 0.25) is 5.91 Å². The first-order valence-corrected chi connectivity index (χ1v) is 10.4. The zero-order chi connectivity index (χ0) is 25.3. The third-order valence-corrected chi connectivity index (χ3v) is 4.65. The minimum absolute atomic E-state index is 0.189. The van der Waals surface area contributed by atoms with Crippen LogP contribution in [0.1, 0.15) is 16.7 Å². The highest BCUT2D eigenvalue weighted by molar-refractivity contribution is 5.92. The second-order valence-electron chi connectivity index (χ2n) is 7.30. The van der Waals surface area contributed by atoms with E-state index in [1.807, 2.05) is 0 Å². The van der Waals surface area contributed by atoms with Gasteiger partial charge in [-0.25, -0.2) is 5.43 Å². The van der Waals surface area contributed by atoms with Gasteiger partial charge in [0.05, 0.1) is 25.3 Å². The summed E-state index contributed by atoms with van der Waals surface area (Å²) in [6.45, 7) is -0.189. The van der Waals surface area contributed by atoms with Crippen molar-refractivity contribution >= 4 is 23.7 Å². The fourth-order valence-corrected chi connectivity index (χ4v) is 2.93. The highest BCUT2D eigenvalue weighted by Crippen LogP contribution is 2.29. The third-order valence-electron chi connectivity index (χ3n) is 4.65. The molecule has 7 nitrogen and oxygen atoms in total. The van der Waals surface area contributed by atoms with Gasteiger partial charge in [0.1, 0.15) is 11.5 Å². The van der Waals surface area contributed by atoms with Gasteiger partial charge in [-0.15, -0.1) is 0 Å². The maximum Gasteiger partial charge on any atom is 0.416 e. The van der Waals surface area contributed by atoms with Gasteiger partial charge in [-0.3, -0.25) is 9.59 Å². The molecule has 35 heavy (non-hydrogen) atoms. The van der Waals surface area contributed by atoms with E-state index >= 15 is 0 Å². The molecule has 0 heterocycles. The number of carbonyl (C=O) groups excluding carboxylic acids is 2. The Labute approximate surface area is 199 Å². The number of carbonyl (C=O) groups is 2. The van der Waals surface area contributed by atoms with Gasteiger partial charge in [0.25, 0.3) is 5.91 Å². The number of methoxy groups -OCH3 is 1. The van der Waals surface area contributed by atoms with Crippen LogP contribution in [0.25, 0.3) is 0 Å². The zero-order valence-electron chi connectivity index (χ0n) is 18.6. The van der Waals surface area contributed by atoms with Crippen LogP contribution >= 0.6 is 0 Å². The van der Waals surface area contributed by atoms with Crippen LogP contribution in [0.4, 0.5) is 18.9 Å². The van der Waals surface area contributed by atoms with E-state index in [0.29, 0.717) is 22.7 Å². The highest BCUT2D eigenvalue weighted by atomic mass is 19.4. The fraction of sp³-hybridized carbons (Fsp3) is 0.160. The van der Waals surface area contributed by atoms with Crippen molar-refractivity contribution in [2.45, 2.75) is 12.6 Å². The average molecular weight is 485 g/mol. The Balaban J connectivity index is 1.43. The minimum atomic E-state index is -4.47. The lowest BCUT2D eigenvalue weighted by molar-refractivity contribution is -0.137. The maximum absolute atomic E-state index is 12.8. The molecule has 0 atom stereocenters. The SMILES string of the molecule is COc1ccc(NC(=O)COc2ccc(/C=N\NC(=O)Cc3cccc(C(F)(F)F)c3)cc2)cc1. The Morgan fingerprint density at radius 3 is 2.29 bits per heavy atom. The molecule has 3 rings (SSSR count). The first kappa shape index (κ1) is 25.3. The molecule has 0 aliphatic rings. The summed E-state index contributed by atoms with van der Waals surface area (Å²) in [5, 5.41) is 6.52. The summed E-state index contributed by atoms with van der Waals surface area (Å²) in [5.74, 6) is 0.256. The smallest absolute Gasteiger partial charge is 0.416 e. The molecule has 0 saturated carbocycles. The molecule has 10 heteroatoms. The van der Waals surface area contributed by atoms with E-state index in [1.54, 1.807) is 55.6 Å². The molecule has 0 aromatic heterocycles. The van der Waals surface area contributed by atoms with E-state index in [0.717, 1.165) is 12.1 Å². The molecule has 0 fully saturated rings. The van der Waals surface area contributed by atoms with Gasteiger partial charge in [0, 0.05) is 5.69 Å². The molecule has 0 spiro atoms. The lowest BCUT2D eigenvalue weighted by Gasteiger charge is -2.08. The van der Waals surface area contributed by atoms with Crippen LogP contribution in [0.2, 0.25) is 0 Å². The molecule has 182 valence electrons. The van der Waals surface area contributed by atoms with Crippen molar-refractivity contribution in [1.82, 2.24) is 5.43 Å². The number of rotatable bonds is 9. The van der Waals surface area contributed by atoms with Gasteiger partial charge in [-0.2, -0.15) is 18.3 Å². The Kier molecular flexibility index (Phi) is 8.44. The van der Waals surface area contributed by atoms with E-state index in [9.17, 15) is 22.8 Å². The molecule has 0 aliphatic carbocycles. The lowest BCUT2D eigenvalue weighted by atomic mass is 10.1. The second kappa shape index (κ2) is 11.7. The molecule has 0 aliphatic heterocycles. The number of benzene rings is 3. The van der Waals surface area contributed by atoms with Crippen LogP contribution in [0.3, 0.4) is 0 Å². The number of anilines is 1.